The Morgan fingerprint density at radius 3 is 2.22 bits per heavy atom. The van der Waals surface area contributed by atoms with Gasteiger partial charge < -0.3 is 4.74 Å². The maximum Gasteiger partial charge on any atom is 0.338 e. The molecule has 0 saturated heterocycles. The second-order valence-electron chi connectivity index (χ2n) is 6.59. The average Bonchev–Trinajstić information content (AvgIpc) is 2.67. The summed E-state index contributed by atoms with van der Waals surface area (Å²) in [5.74, 6) is -0.100. The smallest absolute Gasteiger partial charge is 0.338 e. The third-order valence-corrected chi connectivity index (χ3v) is 6.48. The van der Waals surface area contributed by atoms with Crippen LogP contribution in [0, 0.1) is 0 Å². The van der Waals surface area contributed by atoms with Gasteiger partial charge in [-0.05, 0) is 35.2 Å². The van der Waals surface area contributed by atoms with E-state index in [1.165, 1.54) is 22.0 Å². The number of hydrogen-bond acceptors (Lipinski definition) is 4. The summed E-state index contributed by atoms with van der Waals surface area (Å²) in [5.41, 5.74) is 2.33. The average molecular weight is 390 g/mol. The molecule has 0 unspecified atom stereocenters. The predicted molar refractivity (Wildman–Crippen MR) is 106 cm³/mol. The number of ether oxygens (including phenoxy) is 1. The molecule has 2 rings (SSSR count). The zero-order valence-corrected chi connectivity index (χ0v) is 17.1. The number of hydrogen-bond donors (Lipinski definition) is 0. The van der Waals surface area contributed by atoms with Crippen LogP contribution in [0.25, 0.3) is 0 Å². The van der Waals surface area contributed by atoms with E-state index in [4.69, 9.17) is 4.74 Å². The van der Waals surface area contributed by atoms with Gasteiger partial charge in [0, 0.05) is 13.1 Å². The summed E-state index contributed by atoms with van der Waals surface area (Å²) in [6, 6.07) is 13.9. The van der Waals surface area contributed by atoms with Gasteiger partial charge >= 0.3 is 5.97 Å². The molecule has 0 amide bonds. The van der Waals surface area contributed by atoms with Gasteiger partial charge in [0.05, 0.1) is 10.5 Å². The van der Waals surface area contributed by atoms with Crippen molar-refractivity contribution in [1.82, 2.24) is 4.31 Å². The highest BCUT2D eigenvalue weighted by Gasteiger charge is 2.22. The van der Waals surface area contributed by atoms with Gasteiger partial charge in [0.1, 0.15) is 6.61 Å². The normalized spacial score (nSPS) is 11.8. The Bertz CT molecular complexity index is 869. The molecule has 0 atom stereocenters. The van der Waals surface area contributed by atoms with Crippen molar-refractivity contribution in [2.75, 3.05) is 13.1 Å². The summed E-state index contributed by atoms with van der Waals surface area (Å²) in [6.07, 6.45) is 0. The van der Waals surface area contributed by atoms with Crippen LogP contribution < -0.4 is 0 Å². The first kappa shape index (κ1) is 21.1. The van der Waals surface area contributed by atoms with Gasteiger partial charge in [-0.3, -0.25) is 0 Å². The van der Waals surface area contributed by atoms with Gasteiger partial charge in [-0.25, -0.2) is 13.2 Å². The van der Waals surface area contributed by atoms with Crippen LogP contribution in [0.4, 0.5) is 0 Å². The number of carbonyl (C=O) groups is 1. The summed E-state index contributed by atoms with van der Waals surface area (Å²) in [6.45, 7) is 8.69. The molecule has 146 valence electrons. The molecule has 0 spiro atoms. The standard InChI is InChI=1S/C21H27NO4S/c1-5-22(6-2)27(24,25)20-9-7-8-19(14-20)21(23)26-15-17-10-12-18(13-11-17)16(3)4/h7-14,16H,5-6,15H2,1-4H3. The molecule has 0 aliphatic heterocycles. The maximum atomic E-state index is 12.6. The molecular weight excluding hydrogens is 362 g/mol. The molecule has 0 heterocycles. The van der Waals surface area contributed by atoms with E-state index in [9.17, 15) is 13.2 Å². The lowest BCUT2D eigenvalue weighted by molar-refractivity contribution is 0.0472. The van der Waals surface area contributed by atoms with E-state index in [1.54, 1.807) is 26.0 Å². The van der Waals surface area contributed by atoms with E-state index in [-0.39, 0.29) is 17.1 Å². The molecule has 0 radical (unpaired) electrons. The minimum atomic E-state index is -3.61. The second kappa shape index (κ2) is 9.15. The largest absolute Gasteiger partial charge is 0.457 e. The van der Waals surface area contributed by atoms with Crippen LogP contribution in [0.1, 0.15) is 55.1 Å². The third-order valence-electron chi connectivity index (χ3n) is 4.43. The number of benzene rings is 2. The van der Waals surface area contributed by atoms with Crippen molar-refractivity contribution in [2.24, 2.45) is 0 Å². The van der Waals surface area contributed by atoms with Gasteiger partial charge in [0.25, 0.3) is 0 Å². The molecule has 2 aromatic rings. The number of rotatable bonds is 8. The van der Waals surface area contributed by atoms with E-state index in [1.807, 2.05) is 24.3 Å². The third kappa shape index (κ3) is 5.17. The van der Waals surface area contributed by atoms with Gasteiger partial charge in [0.2, 0.25) is 10.0 Å². The van der Waals surface area contributed by atoms with Gasteiger partial charge in [-0.15, -0.1) is 0 Å². The van der Waals surface area contributed by atoms with Crippen LogP contribution in [0.15, 0.2) is 53.4 Å². The molecule has 5 nitrogen and oxygen atoms in total. The van der Waals surface area contributed by atoms with Gasteiger partial charge in [-0.1, -0.05) is 58.0 Å². The van der Waals surface area contributed by atoms with Crippen LogP contribution in [0.3, 0.4) is 0 Å². The molecule has 2 aromatic carbocycles. The van der Waals surface area contributed by atoms with Crippen molar-refractivity contribution in [3.8, 4) is 0 Å². The molecule has 0 bridgehead atoms. The van der Waals surface area contributed by atoms with Crippen LogP contribution in [-0.2, 0) is 21.4 Å². The SMILES string of the molecule is CCN(CC)S(=O)(=O)c1cccc(C(=O)OCc2ccc(C(C)C)cc2)c1. The summed E-state index contributed by atoms with van der Waals surface area (Å²) < 4.78 is 31.9. The Kier molecular flexibility index (Phi) is 7.16. The zero-order valence-electron chi connectivity index (χ0n) is 16.3. The Balaban J connectivity index is 2.11. The monoisotopic (exact) mass is 389 g/mol. The summed E-state index contributed by atoms with van der Waals surface area (Å²) in [4.78, 5) is 12.4. The Labute approximate surface area is 162 Å². The van der Waals surface area contributed by atoms with E-state index >= 15 is 0 Å². The topological polar surface area (TPSA) is 63.7 Å². The van der Waals surface area contributed by atoms with E-state index in [0.29, 0.717) is 19.0 Å². The molecular formula is C21H27NO4S. The fourth-order valence-electron chi connectivity index (χ4n) is 2.73. The summed E-state index contributed by atoms with van der Waals surface area (Å²) in [7, 11) is -3.61. The van der Waals surface area contributed by atoms with Crippen molar-refractivity contribution in [2.45, 2.75) is 45.1 Å². The maximum absolute atomic E-state index is 12.6. The van der Waals surface area contributed by atoms with Crippen molar-refractivity contribution in [3.05, 3.63) is 65.2 Å². The first-order valence-corrected chi connectivity index (χ1v) is 10.6. The van der Waals surface area contributed by atoms with Crippen LogP contribution >= 0.6 is 0 Å². The van der Waals surface area contributed by atoms with Gasteiger partial charge in [-0.2, -0.15) is 4.31 Å². The summed E-state index contributed by atoms with van der Waals surface area (Å²) >= 11 is 0. The molecule has 0 N–H and O–H groups in total. The number of carbonyl (C=O) groups excluding carboxylic acids is 1. The lowest BCUT2D eigenvalue weighted by atomic mass is 10.0. The fraction of sp³-hybridized carbons (Fsp3) is 0.381. The molecule has 6 heteroatoms. The predicted octanol–water partition coefficient (Wildman–Crippen LogP) is 4.20. The van der Waals surface area contributed by atoms with E-state index < -0.39 is 16.0 Å². The molecule has 0 aliphatic carbocycles. The first-order chi connectivity index (χ1) is 12.8. The molecule has 0 fully saturated rings. The lowest BCUT2D eigenvalue weighted by Gasteiger charge is -2.18. The number of nitrogens with zero attached hydrogens (tertiary/aromatic N) is 1. The van der Waals surface area contributed by atoms with Crippen molar-refractivity contribution in [1.29, 1.82) is 0 Å². The highest BCUT2D eigenvalue weighted by molar-refractivity contribution is 7.89. The highest BCUT2D eigenvalue weighted by Crippen LogP contribution is 2.19. The number of esters is 1. The van der Waals surface area contributed by atoms with Crippen molar-refractivity contribution < 1.29 is 17.9 Å². The molecule has 0 saturated carbocycles. The van der Waals surface area contributed by atoms with Crippen LogP contribution in [0.5, 0.6) is 0 Å². The fourth-order valence-corrected chi connectivity index (χ4v) is 4.23. The zero-order chi connectivity index (χ0) is 20.0. The minimum absolute atomic E-state index is 0.0990. The van der Waals surface area contributed by atoms with E-state index in [2.05, 4.69) is 13.8 Å². The molecule has 27 heavy (non-hydrogen) atoms. The van der Waals surface area contributed by atoms with E-state index in [0.717, 1.165) is 5.56 Å². The number of sulfonamides is 1. The first-order valence-electron chi connectivity index (χ1n) is 9.15. The highest BCUT2D eigenvalue weighted by atomic mass is 32.2. The van der Waals surface area contributed by atoms with Gasteiger partial charge in [0.15, 0.2) is 0 Å². The van der Waals surface area contributed by atoms with Crippen LogP contribution in [-0.4, -0.2) is 31.8 Å². The molecule has 0 aliphatic rings. The second-order valence-corrected chi connectivity index (χ2v) is 8.53. The summed E-state index contributed by atoms with van der Waals surface area (Å²) in [5, 5.41) is 0. The lowest BCUT2D eigenvalue weighted by Crippen LogP contribution is -2.30. The van der Waals surface area contributed by atoms with Crippen LogP contribution in [0.2, 0.25) is 0 Å². The quantitative estimate of drug-likeness (QED) is 0.635. The van der Waals surface area contributed by atoms with Crippen molar-refractivity contribution >= 4 is 16.0 Å². The Hall–Kier alpha value is -2.18. The molecule has 0 aromatic heterocycles. The minimum Gasteiger partial charge on any atom is -0.457 e. The Morgan fingerprint density at radius 1 is 1.04 bits per heavy atom. The Morgan fingerprint density at radius 2 is 1.67 bits per heavy atom. The van der Waals surface area contributed by atoms with Crippen molar-refractivity contribution in [3.63, 3.8) is 0 Å².